The Morgan fingerprint density at radius 3 is 2.54 bits per heavy atom. The van der Waals surface area contributed by atoms with E-state index in [4.69, 9.17) is 0 Å². The van der Waals surface area contributed by atoms with Crippen LogP contribution in [0.25, 0.3) is 4.96 Å². The van der Waals surface area contributed by atoms with Crippen LogP contribution in [-0.2, 0) is 13.0 Å². The van der Waals surface area contributed by atoms with Crippen molar-refractivity contribution in [3.05, 3.63) is 69.1 Å². The van der Waals surface area contributed by atoms with Gasteiger partial charge in [0.25, 0.3) is 5.56 Å². The van der Waals surface area contributed by atoms with Gasteiger partial charge in [-0.15, -0.1) is 11.3 Å². The molecule has 0 aliphatic carbocycles. The van der Waals surface area contributed by atoms with E-state index in [1.165, 1.54) is 22.5 Å². The monoisotopic (exact) mass is 369 g/mol. The molecule has 138 valence electrons. The standard InChI is InChI=1S/C21H27N3OS/c1-14(2)11-16-5-7-17(8-6-16)20(15(3)4)22-13-18-12-19(25)24-9-10-26-21(24)23-18/h5-10,12,14-15,20,22H,11,13H2,1-4H3. The summed E-state index contributed by atoms with van der Waals surface area (Å²) >= 11 is 1.48. The van der Waals surface area contributed by atoms with Crippen molar-refractivity contribution in [2.24, 2.45) is 11.8 Å². The molecule has 3 rings (SSSR count). The van der Waals surface area contributed by atoms with Gasteiger partial charge in [-0.3, -0.25) is 9.20 Å². The first-order chi connectivity index (χ1) is 12.4. The number of thiazole rings is 1. The van der Waals surface area contributed by atoms with Crippen LogP contribution in [0.4, 0.5) is 0 Å². The van der Waals surface area contributed by atoms with Gasteiger partial charge < -0.3 is 5.32 Å². The van der Waals surface area contributed by atoms with E-state index in [1.807, 2.05) is 5.38 Å². The summed E-state index contributed by atoms with van der Waals surface area (Å²) in [6.45, 7) is 9.49. The largest absolute Gasteiger partial charge is 0.304 e. The number of rotatable bonds is 7. The summed E-state index contributed by atoms with van der Waals surface area (Å²) in [5.41, 5.74) is 3.43. The lowest BCUT2D eigenvalue weighted by molar-refractivity contribution is 0.408. The summed E-state index contributed by atoms with van der Waals surface area (Å²) in [5, 5.41) is 5.48. The number of benzene rings is 1. The fraction of sp³-hybridized carbons (Fsp3) is 0.429. The van der Waals surface area contributed by atoms with Crippen LogP contribution in [0.3, 0.4) is 0 Å². The molecule has 26 heavy (non-hydrogen) atoms. The first kappa shape index (κ1) is 18.8. The fourth-order valence-corrected chi connectivity index (χ4v) is 4.00. The minimum atomic E-state index is -0.0211. The summed E-state index contributed by atoms with van der Waals surface area (Å²) in [6.07, 6.45) is 2.87. The van der Waals surface area contributed by atoms with E-state index in [1.54, 1.807) is 16.7 Å². The number of fused-ring (bicyclic) bond motifs is 1. The van der Waals surface area contributed by atoms with Gasteiger partial charge in [0.15, 0.2) is 4.96 Å². The third kappa shape index (κ3) is 4.40. The Morgan fingerprint density at radius 1 is 1.15 bits per heavy atom. The van der Waals surface area contributed by atoms with E-state index in [-0.39, 0.29) is 11.6 Å². The Labute approximate surface area is 158 Å². The molecule has 0 fully saturated rings. The van der Waals surface area contributed by atoms with E-state index in [2.05, 4.69) is 62.3 Å². The van der Waals surface area contributed by atoms with Gasteiger partial charge in [0.2, 0.25) is 0 Å². The molecule has 0 aliphatic heterocycles. The molecule has 5 heteroatoms. The predicted octanol–water partition coefficient (Wildman–Crippen LogP) is 4.44. The molecule has 0 radical (unpaired) electrons. The van der Waals surface area contributed by atoms with E-state index >= 15 is 0 Å². The lowest BCUT2D eigenvalue weighted by Gasteiger charge is -2.23. The molecule has 0 saturated heterocycles. The Hall–Kier alpha value is -1.98. The highest BCUT2D eigenvalue weighted by Gasteiger charge is 2.16. The first-order valence-corrected chi connectivity index (χ1v) is 10.1. The molecule has 2 heterocycles. The van der Waals surface area contributed by atoms with E-state index in [0.29, 0.717) is 18.4 Å². The highest BCUT2D eigenvalue weighted by atomic mass is 32.1. The van der Waals surface area contributed by atoms with Gasteiger partial charge in [-0.1, -0.05) is 52.0 Å². The van der Waals surface area contributed by atoms with Crippen molar-refractivity contribution in [3.8, 4) is 0 Å². The van der Waals surface area contributed by atoms with E-state index in [0.717, 1.165) is 17.1 Å². The fourth-order valence-electron chi connectivity index (χ4n) is 3.26. The lowest BCUT2D eigenvalue weighted by atomic mass is 9.93. The number of nitrogens with zero attached hydrogens (tertiary/aromatic N) is 2. The number of hydrogen-bond donors (Lipinski definition) is 1. The zero-order valence-electron chi connectivity index (χ0n) is 15.9. The lowest BCUT2D eigenvalue weighted by Crippen LogP contribution is -2.27. The minimum absolute atomic E-state index is 0.0211. The van der Waals surface area contributed by atoms with Gasteiger partial charge in [-0.25, -0.2) is 4.98 Å². The van der Waals surface area contributed by atoms with Gasteiger partial charge in [0.1, 0.15) is 0 Å². The number of hydrogen-bond acceptors (Lipinski definition) is 4. The summed E-state index contributed by atoms with van der Waals surface area (Å²) in [7, 11) is 0. The van der Waals surface area contributed by atoms with E-state index in [9.17, 15) is 4.79 Å². The molecule has 3 aromatic rings. The highest BCUT2D eigenvalue weighted by molar-refractivity contribution is 7.15. The van der Waals surface area contributed by atoms with Crippen molar-refractivity contribution < 1.29 is 0 Å². The molecule has 1 atom stereocenters. The summed E-state index contributed by atoms with van der Waals surface area (Å²) in [5.74, 6) is 1.11. The molecule has 0 spiro atoms. The second-order valence-corrected chi connectivity index (χ2v) is 8.46. The molecular formula is C21H27N3OS. The molecule has 4 nitrogen and oxygen atoms in total. The molecule has 0 amide bonds. The van der Waals surface area contributed by atoms with Crippen molar-refractivity contribution in [3.63, 3.8) is 0 Å². The summed E-state index contributed by atoms with van der Waals surface area (Å²) < 4.78 is 1.58. The molecule has 0 bridgehead atoms. The second kappa shape index (κ2) is 8.14. The van der Waals surface area contributed by atoms with Crippen LogP contribution in [-0.4, -0.2) is 9.38 Å². The Balaban J connectivity index is 1.74. The van der Waals surface area contributed by atoms with Gasteiger partial charge in [0.05, 0.1) is 5.69 Å². The van der Waals surface area contributed by atoms with Crippen molar-refractivity contribution in [2.45, 2.75) is 46.7 Å². The molecule has 0 saturated carbocycles. The van der Waals surface area contributed by atoms with Gasteiger partial charge in [0, 0.05) is 30.2 Å². The van der Waals surface area contributed by atoms with Gasteiger partial charge >= 0.3 is 0 Å². The van der Waals surface area contributed by atoms with Crippen LogP contribution in [0.15, 0.2) is 46.7 Å². The Kier molecular flexibility index (Phi) is 5.89. The molecule has 1 unspecified atom stereocenters. The van der Waals surface area contributed by atoms with Crippen LogP contribution in [0.5, 0.6) is 0 Å². The minimum Gasteiger partial charge on any atom is -0.304 e. The maximum atomic E-state index is 12.1. The SMILES string of the molecule is CC(C)Cc1ccc(C(NCc2cc(=O)n3ccsc3n2)C(C)C)cc1. The maximum Gasteiger partial charge on any atom is 0.258 e. The molecule has 1 aromatic carbocycles. The van der Waals surface area contributed by atoms with Crippen molar-refractivity contribution in [1.29, 1.82) is 0 Å². The predicted molar refractivity (Wildman–Crippen MR) is 109 cm³/mol. The first-order valence-electron chi connectivity index (χ1n) is 9.22. The van der Waals surface area contributed by atoms with E-state index < -0.39 is 0 Å². The van der Waals surface area contributed by atoms with Crippen molar-refractivity contribution in [1.82, 2.24) is 14.7 Å². The van der Waals surface area contributed by atoms with Crippen LogP contribution < -0.4 is 10.9 Å². The van der Waals surface area contributed by atoms with Crippen LogP contribution in [0.1, 0.15) is 50.6 Å². The average Bonchev–Trinajstić information content (AvgIpc) is 3.05. The average molecular weight is 370 g/mol. The third-order valence-corrected chi connectivity index (χ3v) is 5.27. The quantitative estimate of drug-likeness (QED) is 0.670. The third-order valence-electron chi connectivity index (χ3n) is 4.51. The smallest absolute Gasteiger partial charge is 0.258 e. The maximum absolute atomic E-state index is 12.1. The summed E-state index contributed by atoms with van der Waals surface area (Å²) in [4.78, 5) is 17.5. The molecule has 0 aliphatic rings. The molecule has 1 N–H and O–H groups in total. The van der Waals surface area contributed by atoms with Gasteiger partial charge in [-0.2, -0.15) is 0 Å². The summed E-state index contributed by atoms with van der Waals surface area (Å²) in [6, 6.07) is 10.8. The topological polar surface area (TPSA) is 46.4 Å². The number of aromatic nitrogens is 2. The Bertz CT molecular complexity index is 909. The van der Waals surface area contributed by atoms with Crippen molar-refractivity contribution >= 4 is 16.3 Å². The second-order valence-electron chi connectivity index (χ2n) is 7.58. The molecular weight excluding hydrogens is 342 g/mol. The van der Waals surface area contributed by atoms with Crippen LogP contribution >= 0.6 is 11.3 Å². The molecule has 2 aromatic heterocycles. The van der Waals surface area contributed by atoms with Crippen molar-refractivity contribution in [2.75, 3.05) is 0 Å². The number of nitrogens with one attached hydrogen (secondary N) is 1. The zero-order valence-corrected chi connectivity index (χ0v) is 16.7. The zero-order chi connectivity index (χ0) is 18.7. The Morgan fingerprint density at radius 2 is 1.88 bits per heavy atom. The normalized spacial score (nSPS) is 13.0. The van der Waals surface area contributed by atoms with Crippen LogP contribution in [0.2, 0.25) is 0 Å². The van der Waals surface area contributed by atoms with Gasteiger partial charge in [-0.05, 0) is 29.4 Å². The van der Waals surface area contributed by atoms with Crippen LogP contribution in [0, 0.1) is 11.8 Å². The highest BCUT2D eigenvalue weighted by Crippen LogP contribution is 2.23.